The fourth-order valence-electron chi connectivity index (χ4n) is 2.94. The van der Waals surface area contributed by atoms with Gasteiger partial charge in [-0.3, -0.25) is 0 Å². The van der Waals surface area contributed by atoms with Crippen LogP contribution in [0.1, 0.15) is 26.7 Å². The van der Waals surface area contributed by atoms with Gasteiger partial charge in [0.15, 0.2) is 6.29 Å². The molecule has 0 aromatic rings. The van der Waals surface area contributed by atoms with Gasteiger partial charge in [0.05, 0.1) is 23.5 Å². The molecular formula is C14H24Cl2O7. The van der Waals surface area contributed by atoms with Gasteiger partial charge in [0.2, 0.25) is 5.79 Å². The average Bonchev–Trinajstić information content (AvgIpc) is 2.80. The summed E-state index contributed by atoms with van der Waals surface area (Å²) in [5.74, 6) is -2.02. The van der Waals surface area contributed by atoms with Gasteiger partial charge in [0, 0.05) is 0 Å². The summed E-state index contributed by atoms with van der Waals surface area (Å²) in [6, 6.07) is 0. The fourth-order valence-corrected chi connectivity index (χ4v) is 3.61. The quantitative estimate of drug-likeness (QED) is 0.499. The summed E-state index contributed by atoms with van der Waals surface area (Å²) in [5, 5.41) is 39.7. The molecule has 9 heteroatoms. The highest BCUT2D eigenvalue weighted by atomic mass is 35.5. The normalized spacial score (nSPS) is 51.1. The number of halogens is 2. The van der Waals surface area contributed by atoms with E-state index in [9.17, 15) is 20.4 Å². The van der Waals surface area contributed by atoms with Crippen LogP contribution in [0.15, 0.2) is 0 Å². The molecule has 2 saturated heterocycles. The van der Waals surface area contributed by atoms with Crippen molar-refractivity contribution in [3.05, 3.63) is 0 Å². The Morgan fingerprint density at radius 2 is 1.61 bits per heavy atom. The summed E-state index contributed by atoms with van der Waals surface area (Å²) in [4.78, 5) is 0. The number of aliphatic hydroxyl groups excluding tert-OH is 4. The molecule has 0 bridgehead atoms. The first kappa shape index (κ1) is 19.6. The molecule has 0 amide bonds. The van der Waals surface area contributed by atoms with E-state index < -0.39 is 54.1 Å². The molecule has 0 aromatic carbocycles. The van der Waals surface area contributed by atoms with Crippen molar-refractivity contribution in [2.45, 2.75) is 80.8 Å². The Morgan fingerprint density at radius 3 is 2.09 bits per heavy atom. The number of aliphatic hydroxyl groups is 4. The van der Waals surface area contributed by atoms with Gasteiger partial charge >= 0.3 is 0 Å². The zero-order valence-corrected chi connectivity index (χ0v) is 14.5. The third-order valence-electron chi connectivity index (χ3n) is 4.43. The molecule has 2 fully saturated rings. The van der Waals surface area contributed by atoms with Crippen LogP contribution in [0.5, 0.6) is 0 Å². The molecule has 4 N–H and O–H groups in total. The lowest BCUT2D eigenvalue weighted by Crippen LogP contribution is -2.60. The Bertz CT molecular complexity index is 399. The second-order valence-corrected chi connectivity index (χ2v) is 6.71. The van der Waals surface area contributed by atoms with E-state index in [2.05, 4.69) is 0 Å². The first-order valence-electron chi connectivity index (χ1n) is 7.74. The van der Waals surface area contributed by atoms with Crippen LogP contribution in [0.25, 0.3) is 0 Å². The lowest BCUT2D eigenvalue weighted by atomic mass is 9.99. The van der Waals surface area contributed by atoms with Crippen molar-refractivity contribution >= 4 is 23.2 Å². The van der Waals surface area contributed by atoms with Crippen LogP contribution < -0.4 is 0 Å². The van der Waals surface area contributed by atoms with Crippen molar-refractivity contribution in [3.63, 3.8) is 0 Å². The lowest BCUT2D eigenvalue weighted by Gasteiger charge is -2.43. The number of ether oxygens (including phenoxy) is 3. The molecule has 9 atom stereocenters. The summed E-state index contributed by atoms with van der Waals surface area (Å²) >= 11 is 11.9. The van der Waals surface area contributed by atoms with E-state index in [4.69, 9.17) is 37.4 Å². The summed E-state index contributed by atoms with van der Waals surface area (Å²) < 4.78 is 16.8. The van der Waals surface area contributed by atoms with Crippen LogP contribution in [0.3, 0.4) is 0 Å². The SMILES string of the molecule is CCC1O[C@H](O[C@]2(CCl)O[C@H](CC)C(O)[C@H]2O)C(O)[C@@H](O)[C@H]1Cl. The standard InChI is InChI=1S/C14H24Cl2O7/c1-3-6-8(16)10(18)11(19)13(21-6)23-14(5-15)12(20)9(17)7(4-2)22-14/h6-13,17-20H,3-5H2,1-2H3/t6?,7-,8+,9?,10+,11?,12-,13-,14+/m1/s1. The predicted octanol–water partition coefficient (Wildman–Crippen LogP) is -0.0672. The van der Waals surface area contributed by atoms with Crippen molar-refractivity contribution in [3.8, 4) is 0 Å². The van der Waals surface area contributed by atoms with Crippen LogP contribution in [0.2, 0.25) is 0 Å². The minimum atomic E-state index is -1.73. The number of rotatable bonds is 5. The highest BCUT2D eigenvalue weighted by Gasteiger charge is 2.57. The summed E-state index contributed by atoms with van der Waals surface area (Å²) in [5.41, 5.74) is 0. The van der Waals surface area contributed by atoms with E-state index in [1.807, 2.05) is 6.92 Å². The smallest absolute Gasteiger partial charge is 0.214 e. The molecule has 136 valence electrons. The zero-order valence-electron chi connectivity index (χ0n) is 13.0. The molecular weight excluding hydrogens is 351 g/mol. The maximum absolute atomic E-state index is 10.3. The molecule has 0 aliphatic carbocycles. The van der Waals surface area contributed by atoms with E-state index in [0.717, 1.165) is 0 Å². The molecule has 0 radical (unpaired) electrons. The third kappa shape index (κ3) is 3.49. The summed E-state index contributed by atoms with van der Waals surface area (Å²) in [6.07, 6.45) is -6.84. The van der Waals surface area contributed by atoms with Gasteiger partial charge in [-0.1, -0.05) is 13.8 Å². The van der Waals surface area contributed by atoms with Crippen molar-refractivity contribution in [1.29, 1.82) is 0 Å². The Kier molecular flexibility index (Phi) is 6.55. The maximum atomic E-state index is 10.3. The third-order valence-corrected chi connectivity index (χ3v) is 5.34. The number of hydrogen-bond donors (Lipinski definition) is 4. The van der Waals surface area contributed by atoms with Crippen molar-refractivity contribution < 1.29 is 34.6 Å². The van der Waals surface area contributed by atoms with Crippen molar-refractivity contribution in [2.75, 3.05) is 5.88 Å². The second kappa shape index (κ2) is 7.68. The van der Waals surface area contributed by atoms with Crippen LogP contribution in [-0.2, 0) is 14.2 Å². The van der Waals surface area contributed by atoms with Crippen LogP contribution in [0, 0.1) is 0 Å². The fraction of sp³-hybridized carbons (Fsp3) is 1.00. The Labute approximate surface area is 145 Å². The maximum Gasteiger partial charge on any atom is 0.214 e. The number of hydrogen-bond acceptors (Lipinski definition) is 7. The second-order valence-electron chi connectivity index (χ2n) is 5.94. The number of alkyl halides is 2. The van der Waals surface area contributed by atoms with Gasteiger partial charge in [-0.2, -0.15) is 0 Å². The van der Waals surface area contributed by atoms with Crippen LogP contribution >= 0.6 is 23.2 Å². The molecule has 2 heterocycles. The Balaban J connectivity index is 2.18. The average molecular weight is 375 g/mol. The molecule has 0 saturated carbocycles. The van der Waals surface area contributed by atoms with E-state index in [-0.39, 0.29) is 5.88 Å². The largest absolute Gasteiger partial charge is 0.389 e. The van der Waals surface area contributed by atoms with Crippen LogP contribution in [0.4, 0.5) is 0 Å². The minimum Gasteiger partial charge on any atom is -0.389 e. The molecule has 3 unspecified atom stereocenters. The zero-order chi connectivity index (χ0) is 17.4. The van der Waals surface area contributed by atoms with E-state index >= 15 is 0 Å². The van der Waals surface area contributed by atoms with Gasteiger partial charge in [-0.15, -0.1) is 23.2 Å². The minimum absolute atomic E-state index is 0.286. The van der Waals surface area contributed by atoms with E-state index in [1.54, 1.807) is 6.92 Å². The van der Waals surface area contributed by atoms with Crippen LogP contribution in [-0.4, -0.2) is 80.4 Å². The van der Waals surface area contributed by atoms with E-state index in [0.29, 0.717) is 12.8 Å². The van der Waals surface area contributed by atoms with Gasteiger partial charge in [0.25, 0.3) is 0 Å². The first-order chi connectivity index (χ1) is 10.8. The molecule has 7 nitrogen and oxygen atoms in total. The van der Waals surface area contributed by atoms with Gasteiger partial charge in [-0.05, 0) is 12.8 Å². The highest BCUT2D eigenvalue weighted by molar-refractivity contribution is 6.21. The molecule has 0 spiro atoms. The highest BCUT2D eigenvalue weighted by Crippen LogP contribution is 2.38. The van der Waals surface area contributed by atoms with Crippen molar-refractivity contribution in [2.24, 2.45) is 0 Å². The molecule has 2 aliphatic heterocycles. The molecule has 2 aliphatic rings. The lowest BCUT2D eigenvalue weighted by molar-refractivity contribution is -0.357. The van der Waals surface area contributed by atoms with Gasteiger partial charge in [0.1, 0.15) is 24.4 Å². The molecule has 2 rings (SSSR count). The molecule has 23 heavy (non-hydrogen) atoms. The summed E-state index contributed by atoms with van der Waals surface area (Å²) in [7, 11) is 0. The van der Waals surface area contributed by atoms with Crippen molar-refractivity contribution in [1.82, 2.24) is 0 Å². The summed E-state index contributed by atoms with van der Waals surface area (Å²) in [6.45, 7) is 3.60. The topological polar surface area (TPSA) is 109 Å². The molecule has 0 aromatic heterocycles. The monoisotopic (exact) mass is 374 g/mol. The predicted molar refractivity (Wildman–Crippen MR) is 82.3 cm³/mol. The first-order valence-corrected chi connectivity index (χ1v) is 8.71. The van der Waals surface area contributed by atoms with Gasteiger partial charge in [-0.25, -0.2) is 0 Å². The Morgan fingerprint density at radius 1 is 1.00 bits per heavy atom. The van der Waals surface area contributed by atoms with E-state index in [1.165, 1.54) is 0 Å². The van der Waals surface area contributed by atoms with Gasteiger partial charge < -0.3 is 34.6 Å². The Hall–Kier alpha value is 0.300.